The fraction of sp³-hybridized carbons (Fsp3) is 0.381. The van der Waals surface area contributed by atoms with E-state index >= 15 is 0 Å². The Morgan fingerprint density at radius 1 is 1.07 bits per heavy atom. The molecule has 0 aliphatic carbocycles. The van der Waals surface area contributed by atoms with E-state index < -0.39 is 10.0 Å². The van der Waals surface area contributed by atoms with E-state index in [1.807, 2.05) is 26.0 Å². The van der Waals surface area contributed by atoms with Crippen molar-refractivity contribution in [2.24, 2.45) is 0 Å². The zero-order valence-corrected chi connectivity index (χ0v) is 17.2. The van der Waals surface area contributed by atoms with Gasteiger partial charge in [-0.1, -0.05) is 44.2 Å². The molecule has 3 rings (SSSR count). The summed E-state index contributed by atoms with van der Waals surface area (Å²) in [6, 6.07) is 14.7. The predicted molar refractivity (Wildman–Crippen MR) is 111 cm³/mol. The minimum absolute atomic E-state index is 0.142. The van der Waals surface area contributed by atoms with Gasteiger partial charge >= 0.3 is 0 Å². The first-order valence-electron chi connectivity index (χ1n) is 9.63. The highest BCUT2D eigenvalue weighted by molar-refractivity contribution is 7.89. The summed E-state index contributed by atoms with van der Waals surface area (Å²) in [6.45, 7) is 6.30. The average Bonchev–Trinajstić information content (AvgIpc) is 2.68. The number of anilines is 1. The Kier molecular flexibility index (Phi) is 6.49. The van der Waals surface area contributed by atoms with Crippen LogP contribution >= 0.6 is 0 Å². The van der Waals surface area contributed by atoms with Gasteiger partial charge in [-0.3, -0.25) is 9.69 Å². The normalized spacial score (nSPS) is 14.7. The fourth-order valence-electron chi connectivity index (χ4n) is 3.54. The molecule has 28 heavy (non-hydrogen) atoms. The summed E-state index contributed by atoms with van der Waals surface area (Å²) in [5, 5.41) is 2.84. The van der Waals surface area contributed by atoms with Crippen molar-refractivity contribution in [2.45, 2.75) is 31.7 Å². The standard InChI is InChI=1S/C21H27N3O3S/c1-3-24(4-2)28(26,27)20-11-7-10-19(14-20)22-21(25)16-23-13-12-17-8-5-6-9-18(17)15-23/h5-11,14H,3-4,12-13,15-16H2,1-2H3,(H,22,25). The number of carbonyl (C=O) groups excluding carboxylic acids is 1. The van der Waals surface area contributed by atoms with Gasteiger partial charge in [0.2, 0.25) is 15.9 Å². The van der Waals surface area contributed by atoms with Crippen LogP contribution in [0, 0.1) is 0 Å². The quantitative estimate of drug-likeness (QED) is 0.775. The molecule has 0 saturated heterocycles. The second-order valence-electron chi connectivity index (χ2n) is 6.89. The van der Waals surface area contributed by atoms with E-state index in [0.29, 0.717) is 18.8 Å². The summed E-state index contributed by atoms with van der Waals surface area (Å²) in [5.41, 5.74) is 3.10. The van der Waals surface area contributed by atoms with Crippen molar-refractivity contribution in [1.82, 2.24) is 9.21 Å². The maximum absolute atomic E-state index is 12.7. The Bertz CT molecular complexity index is 939. The second kappa shape index (κ2) is 8.86. The van der Waals surface area contributed by atoms with Gasteiger partial charge in [0.05, 0.1) is 11.4 Å². The molecule has 0 atom stereocenters. The lowest BCUT2D eigenvalue weighted by molar-refractivity contribution is -0.117. The Morgan fingerprint density at radius 2 is 1.79 bits per heavy atom. The fourth-order valence-corrected chi connectivity index (χ4v) is 5.04. The lowest BCUT2D eigenvalue weighted by Gasteiger charge is -2.28. The number of hydrogen-bond donors (Lipinski definition) is 1. The number of nitrogens with zero attached hydrogens (tertiary/aromatic N) is 2. The number of amides is 1. The Labute approximate surface area is 167 Å². The minimum Gasteiger partial charge on any atom is -0.325 e. The van der Waals surface area contributed by atoms with Crippen LogP contribution < -0.4 is 5.32 Å². The summed E-state index contributed by atoms with van der Waals surface area (Å²) in [7, 11) is -3.55. The molecule has 6 nitrogen and oxygen atoms in total. The topological polar surface area (TPSA) is 69.7 Å². The maximum atomic E-state index is 12.7. The molecule has 150 valence electrons. The van der Waals surface area contributed by atoms with Crippen molar-refractivity contribution >= 4 is 21.6 Å². The van der Waals surface area contributed by atoms with E-state index in [2.05, 4.69) is 22.3 Å². The zero-order chi connectivity index (χ0) is 20.1. The molecule has 1 heterocycles. The van der Waals surface area contributed by atoms with Crippen molar-refractivity contribution in [3.63, 3.8) is 0 Å². The number of fused-ring (bicyclic) bond motifs is 1. The Morgan fingerprint density at radius 3 is 2.50 bits per heavy atom. The third-order valence-corrected chi connectivity index (χ3v) is 7.08. The number of nitrogens with one attached hydrogen (secondary N) is 1. The number of carbonyl (C=O) groups is 1. The van der Waals surface area contributed by atoms with Crippen LogP contribution in [0.2, 0.25) is 0 Å². The first kappa shape index (κ1) is 20.5. The second-order valence-corrected chi connectivity index (χ2v) is 8.83. The maximum Gasteiger partial charge on any atom is 0.243 e. The van der Waals surface area contributed by atoms with E-state index in [-0.39, 0.29) is 17.3 Å². The number of hydrogen-bond acceptors (Lipinski definition) is 4. The molecule has 0 radical (unpaired) electrons. The monoisotopic (exact) mass is 401 g/mol. The lowest BCUT2D eigenvalue weighted by atomic mass is 10.00. The molecule has 1 aliphatic rings. The first-order chi connectivity index (χ1) is 13.4. The van der Waals surface area contributed by atoms with Crippen LogP contribution in [0.1, 0.15) is 25.0 Å². The van der Waals surface area contributed by atoms with Gasteiger partial charge in [-0.2, -0.15) is 4.31 Å². The van der Waals surface area contributed by atoms with Gasteiger partial charge in [-0.25, -0.2) is 8.42 Å². The summed E-state index contributed by atoms with van der Waals surface area (Å²) in [4.78, 5) is 14.8. The van der Waals surface area contributed by atoms with Gasteiger partial charge in [0.15, 0.2) is 0 Å². The number of rotatable bonds is 7. The van der Waals surface area contributed by atoms with Gasteiger partial charge < -0.3 is 5.32 Å². The third-order valence-electron chi connectivity index (χ3n) is 5.04. The summed E-state index contributed by atoms with van der Waals surface area (Å²) in [5.74, 6) is -0.142. The molecule has 0 aromatic heterocycles. The molecule has 0 bridgehead atoms. The number of benzene rings is 2. The SMILES string of the molecule is CCN(CC)S(=O)(=O)c1cccc(NC(=O)CN2CCc3ccccc3C2)c1. The molecular weight excluding hydrogens is 374 g/mol. The molecule has 0 saturated carbocycles. The van der Waals surface area contributed by atoms with Gasteiger partial charge in [0, 0.05) is 31.9 Å². The van der Waals surface area contributed by atoms with Gasteiger partial charge in [-0.05, 0) is 35.7 Å². The summed E-state index contributed by atoms with van der Waals surface area (Å²) >= 11 is 0. The summed E-state index contributed by atoms with van der Waals surface area (Å²) in [6.07, 6.45) is 0.932. The molecule has 7 heteroatoms. The van der Waals surface area contributed by atoms with Crippen LogP contribution in [0.15, 0.2) is 53.4 Å². The van der Waals surface area contributed by atoms with Crippen molar-refractivity contribution in [3.05, 3.63) is 59.7 Å². The lowest BCUT2D eigenvalue weighted by Crippen LogP contribution is -2.37. The van der Waals surface area contributed by atoms with Crippen molar-refractivity contribution in [3.8, 4) is 0 Å². The zero-order valence-electron chi connectivity index (χ0n) is 16.4. The van der Waals surface area contributed by atoms with Gasteiger partial charge in [-0.15, -0.1) is 0 Å². The summed E-state index contributed by atoms with van der Waals surface area (Å²) < 4.78 is 26.7. The molecule has 0 unspecified atom stereocenters. The van der Waals surface area contributed by atoms with Crippen LogP contribution in [-0.2, 0) is 27.8 Å². The van der Waals surface area contributed by atoms with Gasteiger partial charge in [0.25, 0.3) is 0 Å². The highest BCUT2D eigenvalue weighted by atomic mass is 32.2. The third kappa shape index (κ3) is 4.60. The average molecular weight is 402 g/mol. The minimum atomic E-state index is -3.55. The van der Waals surface area contributed by atoms with Gasteiger partial charge in [0.1, 0.15) is 0 Å². The molecule has 1 amide bonds. The highest BCUT2D eigenvalue weighted by Gasteiger charge is 2.22. The van der Waals surface area contributed by atoms with Crippen LogP contribution in [0.25, 0.3) is 0 Å². The van der Waals surface area contributed by atoms with E-state index in [9.17, 15) is 13.2 Å². The molecule has 0 spiro atoms. The van der Waals surface area contributed by atoms with Crippen LogP contribution in [0.3, 0.4) is 0 Å². The molecular formula is C21H27N3O3S. The smallest absolute Gasteiger partial charge is 0.243 e. The van der Waals surface area contributed by atoms with Crippen LogP contribution in [0.4, 0.5) is 5.69 Å². The number of sulfonamides is 1. The van der Waals surface area contributed by atoms with Crippen molar-refractivity contribution < 1.29 is 13.2 Å². The Hall–Kier alpha value is -2.22. The van der Waals surface area contributed by atoms with E-state index in [1.54, 1.807) is 18.2 Å². The Balaban J connectivity index is 1.65. The molecule has 1 N–H and O–H groups in total. The first-order valence-corrected chi connectivity index (χ1v) is 11.1. The molecule has 1 aliphatic heterocycles. The van der Waals surface area contributed by atoms with E-state index in [1.165, 1.54) is 21.5 Å². The highest BCUT2D eigenvalue weighted by Crippen LogP contribution is 2.21. The molecule has 0 fully saturated rings. The largest absolute Gasteiger partial charge is 0.325 e. The van der Waals surface area contributed by atoms with Crippen molar-refractivity contribution in [2.75, 3.05) is 31.5 Å². The predicted octanol–water partition coefficient (Wildman–Crippen LogP) is 2.71. The molecule has 2 aromatic rings. The molecule has 2 aromatic carbocycles. The van der Waals surface area contributed by atoms with E-state index in [4.69, 9.17) is 0 Å². The van der Waals surface area contributed by atoms with E-state index in [0.717, 1.165) is 19.5 Å². The van der Waals surface area contributed by atoms with Crippen LogP contribution in [0.5, 0.6) is 0 Å². The van der Waals surface area contributed by atoms with Crippen molar-refractivity contribution in [1.29, 1.82) is 0 Å². The van der Waals surface area contributed by atoms with Crippen LogP contribution in [-0.4, -0.2) is 49.7 Å².